The fourth-order valence-electron chi connectivity index (χ4n) is 5.66. The molecular formula is C31H32N2O6S. The Labute approximate surface area is 233 Å². The second kappa shape index (κ2) is 11.4. The minimum absolute atomic E-state index is 0.159. The number of aromatic amines is 1. The van der Waals surface area contributed by atoms with Gasteiger partial charge in [-0.2, -0.15) is 8.42 Å². The van der Waals surface area contributed by atoms with Gasteiger partial charge in [0.2, 0.25) is 0 Å². The number of aryl methyl sites for hydroxylation is 1. The highest BCUT2D eigenvalue weighted by Gasteiger charge is 2.43. The lowest BCUT2D eigenvalue weighted by molar-refractivity contribution is -0.0246. The Morgan fingerprint density at radius 2 is 1.35 bits per heavy atom. The molecule has 1 N–H and O–H groups in total. The summed E-state index contributed by atoms with van der Waals surface area (Å²) >= 11 is 0. The summed E-state index contributed by atoms with van der Waals surface area (Å²) < 4.78 is 38.4. The van der Waals surface area contributed by atoms with Gasteiger partial charge in [-0.15, -0.1) is 0 Å². The summed E-state index contributed by atoms with van der Waals surface area (Å²) in [5.41, 5.74) is 1.22. The van der Waals surface area contributed by atoms with Gasteiger partial charge in [0.1, 0.15) is 5.60 Å². The number of benzene rings is 3. The molecular weight excluding hydrogens is 528 g/mol. The van der Waals surface area contributed by atoms with E-state index < -0.39 is 33.1 Å². The van der Waals surface area contributed by atoms with Crippen molar-refractivity contribution in [2.24, 2.45) is 5.92 Å². The van der Waals surface area contributed by atoms with Crippen LogP contribution in [0.1, 0.15) is 41.1 Å². The van der Waals surface area contributed by atoms with Gasteiger partial charge < -0.3 is 4.74 Å². The Bertz CT molecular complexity index is 1570. The topological polar surface area (TPSA) is 107 Å². The van der Waals surface area contributed by atoms with Crippen LogP contribution in [0.3, 0.4) is 0 Å². The summed E-state index contributed by atoms with van der Waals surface area (Å²) in [5, 5.41) is 0. The Morgan fingerprint density at radius 3 is 1.82 bits per heavy atom. The van der Waals surface area contributed by atoms with Gasteiger partial charge in [0.15, 0.2) is 0 Å². The Hall–Kier alpha value is -3.79. The van der Waals surface area contributed by atoms with Crippen molar-refractivity contribution in [3.05, 3.63) is 140 Å². The van der Waals surface area contributed by atoms with E-state index in [0.29, 0.717) is 12.0 Å². The maximum Gasteiger partial charge on any atom is 0.328 e. The van der Waals surface area contributed by atoms with Crippen LogP contribution in [0.2, 0.25) is 0 Å². The second-order valence-electron chi connectivity index (χ2n) is 10.3. The van der Waals surface area contributed by atoms with Crippen LogP contribution >= 0.6 is 0 Å². The molecule has 9 heteroatoms. The van der Waals surface area contributed by atoms with Crippen molar-refractivity contribution in [2.45, 2.75) is 37.5 Å². The monoisotopic (exact) mass is 560 g/mol. The van der Waals surface area contributed by atoms with Crippen LogP contribution in [0.4, 0.5) is 0 Å². The van der Waals surface area contributed by atoms with Crippen molar-refractivity contribution < 1.29 is 17.3 Å². The van der Waals surface area contributed by atoms with Crippen molar-refractivity contribution in [3.8, 4) is 0 Å². The average molecular weight is 561 g/mol. The minimum atomic E-state index is -3.78. The number of nitrogens with one attached hydrogen (secondary N) is 1. The van der Waals surface area contributed by atoms with Crippen LogP contribution in [0, 0.1) is 12.8 Å². The van der Waals surface area contributed by atoms with Crippen LogP contribution in [0.5, 0.6) is 0 Å². The number of hydrogen-bond acceptors (Lipinski definition) is 6. The minimum Gasteiger partial charge on any atom is -0.360 e. The number of H-pyrrole nitrogens is 1. The third kappa shape index (κ3) is 5.72. The lowest BCUT2D eigenvalue weighted by Crippen LogP contribution is -2.36. The van der Waals surface area contributed by atoms with Crippen LogP contribution in [0.25, 0.3) is 0 Å². The number of rotatable bonds is 9. The molecule has 1 aromatic heterocycles. The molecule has 8 nitrogen and oxygen atoms in total. The van der Waals surface area contributed by atoms with E-state index in [-0.39, 0.29) is 25.0 Å². The molecule has 1 heterocycles. The van der Waals surface area contributed by atoms with Crippen LogP contribution in [0.15, 0.2) is 107 Å². The molecule has 0 saturated heterocycles. The van der Waals surface area contributed by atoms with E-state index in [2.05, 4.69) is 4.98 Å². The van der Waals surface area contributed by atoms with E-state index in [1.54, 1.807) is 6.92 Å². The third-order valence-electron chi connectivity index (χ3n) is 7.50. The molecule has 3 aromatic carbocycles. The van der Waals surface area contributed by atoms with Gasteiger partial charge in [0.05, 0.1) is 19.0 Å². The number of ether oxygens (including phenoxy) is 1. The molecule has 0 bridgehead atoms. The highest BCUT2D eigenvalue weighted by atomic mass is 32.2. The average Bonchev–Trinajstić information content (AvgIpc) is 3.33. The second-order valence-corrected chi connectivity index (χ2v) is 11.9. The summed E-state index contributed by atoms with van der Waals surface area (Å²) in [7, 11) is -3.78. The predicted octanol–water partition coefficient (Wildman–Crippen LogP) is 4.15. The van der Waals surface area contributed by atoms with Crippen molar-refractivity contribution in [2.75, 3.05) is 12.9 Å². The van der Waals surface area contributed by atoms with E-state index in [1.165, 1.54) is 10.8 Å². The summed E-state index contributed by atoms with van der Waals surface area (Å²) in [4.78, 5) is 27.0. The first-order valence-electron chi connectivity index (χ1n) is 13.2. The Kier molecular flexibility index (Phi) is 7.89. The van der Waals surface area contributed by atoms with E-state index in [4.69, 9.17) is 8.92 Å². The first-order valence-corrected chi connectivity index (χ1v) is 15.0. The van der Waals surface area contributed by atoms with Gasteiger partial charge in [0, 0.05) is 23.7 Å². The molecule has 0 radical (unpaired) electrons. The highest BCUT2D eigenvalue weighted by Crippen LogP contribution is 2.43. The van der Waals surface area contributed by atoms with Gasteiger partial charge >= 0.3 is 5.69 Å². The molecule has 4 aromatic rings. The first kappa shape index (κ1) is 27.8. The predicted molar refractivity (Wildman–Crippen MR) is 153 cm³/mol. The highest BCUT2D eigenvalue weighted by molar-refractivity contribution is 7.86. The number of nitrogens with zero attached hydrogens (tertiary/aromatic N) is 1. The molecule has 0 aliphatic heterocycles. The normalized spacial score (nSPS) is 19.5. The van der Waals surface area contributed by atoms with E-state index in [1.807, 2.05) is 91.0 Å². The molecule has 0 spiro atoms. The molecule has 40 heavy (non-hydrogen) atoms. The lowest BCUT2D eigenvalue weighted by atomic mass is 9.80. The largest absolute Gasteiger partial charge is 0.360 e. The van der Waals surface area contributed by atoms with E-state index in [9.17, 15) is 18.0 Å². The molecule has 1 fully saturated rings. The quantitative estimate of drug-likeness (QED) is 0.244. The summed E-state index contributed by atoms with van der Waals surface area (Å²) in [6.07, 6.45) is 2.55. The van der Waals surface area contributed by atoms with Gasteiger partial charge in [-0.25, -0.2) is 4.79 Å². The number of hydrogen-bond donors (Lipinski definition) is 1. The molecule has 3 atom stereocenters. The molecule has 1 aliphatic rings. The first-order chi connectivity index (χ1) is 19.2. The fourth-order valence-corrected chi connectivity index (χ4v) is 6.35. The summed E-state index contributed by atoms with van der Waals surface area (Å²) in [6, 6.07) is 29.4. The van der Waals surface area contributed by atoms with Gasteiger partial charge in [-0.1, -0.05) is 91.0 Å². The molecule has 208 valence electrons. The van der Waals surface area contributed by atoms with Crippen molar-refractivity contribution in [3.63, 3.8) is 0 Å². The standard InChI is InChI=1S/C31H32N2O6S/c1-22-20-33(30(35)32-29(22)34)27-18-23(28(19-27)39-40(2,36)37)21-38-31(24-12-6-3-7-13-24,25-14-8-4-9-15-25)26-16-10-5-11-17-26/h3-17,20,23,27-28H,18-19,21H2,1-2H3,(H,32,34,35)/t23-,27-,28+/m1/s1. The summed E-state index contributed by atoms with van der Waals surface area (Å²) in [6.45, 7) is 1.79. The van der Waals surface area contributed by atoms with Gasteiger partial charge in [-0.3, -0.25) is 18.5 Å². The van der Waals surface area contributed by atoms with Crippen molar-refractivity contribution in [1.29, 1.82) is 0 Å². The zero-order valence-electron chi connectivity index (χ0n) is 22.4. The van der Waals surface area contributed by atoms with Gasteiger partial charge in [0.25, 0.3) is 15.7 Å². The van der Waals surface area contributed by atoms with Crippen molar-refractivity contribution >= 4 is 10.1 Å². The van der Waals surface area contributed by atoms with Crippen molar-refractivity contribution in [1.82, 2.24) is 9.55 Å². The molecule has 0 unspecified atom stereocenters. The van der Waals surface area contributed by atoms with Crippen LogP contribution in [-0.2, 0) is 24.6 Å². The molecule has 5 rings (SSSR count). The molecule has 1 saturated carbocycles. The van der Waals surface area contributed by atoms with Crippen LogP contribution in [-0.4, -0.2) is 36.9 Å². The number of aromatic nitrogens is 2. The zero-order chi connectivity index (χ0) is 28.3. The van der Waals surface area contributed by atoms with E-state index in [0.717, 1.165) is 22.9 Å². The third-order valence-corrected chi connectivity index (χ3v) is 8.09. The zero-order valence-corrected chi connectivity index (χ0v) is 23.2. The molecule has 0 amide bonds. The molecule has 1 aliphatic carbocycles. The summed E-state index contributed by atoms with van der Waals surface area (Å²) in [5.74, 6) is -0.352. The Morgan fingerprint density at radius 1 is 0.850 bits per heavy atom. The van der Waals surface area contributed by atoms with Gasteiger partial charge in [-0.05, 0) is 36.5 Å². The van der Waals surface area contributed by atoms with Crippen LogP contribution < -0.4 is 11.2 Å². The van der Waals surface area contributed by atoms with E-state index >= 15 is 0 Å². The SMILES string of the molecule is Cc1cn([C@@H]2C[C@H](COC(c3ccccc3)(c3ccccc3)c3ccccc3)[C@@H](OS(C)(=O)=O)C2)c(=O)[nH]c1=O. The Balaban J connectivity index is 1.56. The maximum atomic E-state index is 12.7. The maximum absolute atomic E-state index is 12.7. The lowest BCUT2D eigenvalue weighted by Gasteiger charge is -2.37. The smallest absolute Gasteiger partial charge is 0.328 e. The fraction of sp³-hybridized carbons (Fsp3) is 0.290.